The molecule has 0 radical (unpaired) electrons. The van der Waals surface area contributed by atoms with Crippen LogP contribution in [0, 0.1) is 0 Å². The number of aryl methyl sites for hydroxylation is 1. The molecule has 1 unspecified atom stereocenters. The van der Waals surface area contributed by atoms with Crippen molar-refractivity contribution in [1.82, 2.24) is 20.1 Å². The van der Waals surface area contributed by atoms with Crippen molar-refractivity contribution in [2.75, 3.05) is 0 Å². The normalized spacial score (nSPS) is 12.6. The third-order valence-corrected chi connectivity index (χ3v) is 2.84. The van der Waals surface area contributed by atoms with Crippen LogP contribution in [0.5, 0.6) is 0 Å². The number of rotatable bonds is 4. The van der Waals surface area contributed by atoms with Gasteiger partial charge in [0.1, 0.15) is 6.33 Å². The Kier molecular flexibility index (Phi) is 3.76. The second kappa shape index (κ2) is 5.29. The van der Waals surface area contributed by atoms with Gasteiger partial charge in [0.05, 0.1) is 6.54 Å². The fraction of sp³-hybridized carbons (Fsp3) is 0.333. The topological polar surface area (TPSA) is 42.7 Å². The lowest BCUT2D eigenvalue weighted by Gasteiger charge is -2.12. The Labute approximate surface area is 106 Å². The van der Waals surface area contributed by atoms with Crippen LogP contribution in [0.3, 0.4) is 0 Å². The smallest absolute Gasteiger partial charge is 0.164 e. The van der Waals surface area contributed by atoms with Crippen molar-refractivity contribution in [2.45, 2.75) is 19.5 Å². The van der Waals surface area contributed by atoms with Gasteiger partial charge in [0, 0.05) is 18.1 Å². The van der Waals surface area contributed by atoms with Gasteiger partial charge < -0.3 is 5.32 Å². The van der Waals surface area contributed by atoms with Crippen LogP contribution >= 0.6 is 11.6 Å². The SMILES string of the molecule is CC(NCc1ncn(C)n1)c1ccc(Cl)cc1. The van der Waals surface area contributed by atoms with E-state index in [-0.39, 0.29) is 6.04 Å². The Balaban J connectivity index is 1.93. The zero-order chi connectivity index (χ0) is 12.3. The summed E-state index contributed by atoms with van der Waals surface area (Å²) in [5.74, 6) is 0.799. The zero-order valence-electron chi connectivity index (χ0n) is 9.89. The van der Waals surface area contributed by atoms with Crippen molar-refractivity contribution in [2.24, 2.45) is 7.05 Å². The van der Waals surface area contributed by atoms with Gasteiger partial charge in [-0.3, -0.25) is 4.68 Å². The average molecular weight is 251 g/mol. The quantitative estimate of drug-likeness (QED) is 0.906. The van der Waals surface area contributed by atoms with Gasteiger partial charge in [-0.25, -0.2) is 4.98 Å². The Bertz CT molecular complexity index is 478. The molecule has 0 aliphatic rings. The molecule has 0 spiro atoms. The number of hydrogen-bond acceptors (Lipinski definition) is 3. The molecule has 2 rings (SSSR count). The summed E-state index contributed by atoms with van der Waals surface area (Å²) >= 11 is 5.85. The number of halogens is 1. The van der Waals surface area contributed by atoms with Crippen LogP contribution in [-0.4, -0.2) is 14.8 Å². The first-order chi connectivity index (χ1) is 8.15. The maximum Gasteiger partial charge on any atom is 0.164 e. The third-order valence-electron chi connectivity index (χ3n) is 2.58. The van der Waals surface area contributed by atoms with Crippen LogP contribution in [-0.2, 0) is 13.6 Å². The number of benzene rings is 1. The van der Waals surface area contributed by atoms with Crippen LogP contribution in [0.4, 0.5) is 0 Å². The fourth-order valence-electron chi connectivity index (χ4n) is 1.58. The van der Waals surface area contributed by atoms with Crippen molar-refractivity contribution in [3.8, 4) is 0 Å². The predicted molar refractivity (Wildman–Crippen MR) is 67.7 cm³/mol. The molecule has 0 bridgehead atoms. The molecule has 0 amide bonds. The van der Waals surface area contributed by atoms with Gasteiger partial charge in [0.15, 0.2) is 5.82 Å². The van der Waals surface area contributed by atoms with Crippen molar-refractivity contribution < 1.29 is 0 Å². The van der Waals surface area contributed by atoms with Crippen molar-refractivity contribution in [3.63, 3.8) is 0 Å². The number of nitrogens with zero attached hydrogens (tertiary/aromatic N) is 3. The molecule has 4 nitrogen and oxygen atoms in total. The highest BCUT2D eigenvalue weighted by Gasteiger charge is 2.06. The second-order valence-corrected chi connectivity index (χ2v) is 4.43. The largest absolute Gasteiger partial charge is 0.303 e. The van der Waals surface area contributed by atoms with E-state index in [1.807, 2.05) is 31.3 Å². The molecule has 90 valence electrons. The highest BCUT2D eigenvalue weighted by Crippen LogP contribution is 2.16. The first-order valence-electron chi connectivity index (χ1n) is 5.48. The molecule has 1 N–H and O–H groups in total. The first-order valence-corrected chi connectivity index (χ1v) is 5.86. The van der Waals surface area contributed by atoms with Crippen molar-refractivity contribution in [1.29, 1.82) is 0 Å². The maximum atomic E-state index is 5.85. The molecule has 1 aromatic heterocycles. The fourth-order valence-corrected chi connectivity index (χ4v) is 1.70. The van der Waals surface area contributed by atoms with Crippen LogP contribution in [0.25, 0.3) is 0 Å². The molecule has 0 saturated carbocycles. The summed E-state index contributed by atoms with van der Waals surface area (Å²) in [6.07, 6.45) is 1.70. The van der Waals surface area contributed by atoms with Crippen LogP contribution in [0.15, 0.2) is 30.6 Å². The lowest BCUT2D eigenvalue weighted by Crippen LogP contribution is -2.18. The summed E-state index contributed by atoms with van der Waals surface area (Å²) in [5, 5.41) is 8.34. The summed E-state index contributed by atoms with van der Waals surface area (Å²) < 4.78 is 1.70. The van der Waals surface area contributed by atoms with E-state index in [9.17, 15) is 0 Å². The summed E-state index contributed by atoms with van der Waals surface area (Å²) in [5.41, 5.74) is 1.20. The van der Waals surface area contributed by atoms with E-state index in [4.69, 9.17) is 11.6 Å². The summed E-state index contributed by atoms with van der Waals surface area (Å²) in [4.78, 5) is 4.16. The van der Waals surface area contributed by atoms with E-state index in [1.54, 1.807) is 11.0 Å². The highest BCUT2D eigenvalue weighted by molar-refractivity contribution is 6.30. The van der Waals surface area contributed by atoms with Crippen LogP contribution in [0.1, 0.15) is 24.4 Å². The Morgan fingerprint density at radius 3 is 2.65 bits per heavy atom. The molecule has 1 atom stereocenters. The second-order valence-electron chi connectivity index (χ2n) is 3.99. The van der Waals surface area contributed by atoms with Gasteiger partial charge in [0.2, 0.25) is 0 Å². The molecule has 5 heteroatoms. The van der Waals surface area contributed by atoms with Gasteiger partial charge in [-0.2, -0.15) is 5.10 Å². The molecular formula is C12H15ClN4. The number of aromatic nitrogens is 3. The maximum absolute atomic E-state index is 5.85. The van der Waals surface area contributed by atoms with E-state index >= 15 is 0 Å². The molecule has 1 heterocycles. The van der Waals surface area contributed by atoms with E-state index in [0.717, 1.165) is 10.8 Å². The number of hydrogen-bond donors (Lipinski definition) is 1. The third kappa shape index (κ3) is 3.28. The molecular weight excluding hydrogens is 236 g/mol. The standard InChI is InChI=1S/C12H15ClN4/c1-9(10-3-5-11(13)6-4-10)14-7-12-15-8-17(2)16-12/h3-6,8-9,14H,7H2,1-2H3. The van der Waals surface area contributed by atoms with Gasteiger partial charge >= 0.3 is 0 Å². The van der Waals surface area contributed by atoms with E-state index < -0.39 is 0 Å². The van der Waals surface area contributed by atoms with Crippen molar-refractivity contribution in [3.05, 3.63) is 47.0 Å². The molecule has 0 aliphatic carbocycles. The van der Waals surface area contributed by atoms with Gasteiger partial charge in [-0.15, -0.1) is 0 Å². The zero-order valence-corrected chi connectivity index (χ0v) is 10.6. The van der Waals surface area contributed by atoms with Crippen LogP contribution in [0.2, 0.25) is 5.02 Å². The predicted octanol–water partition coefficient (Wildman–Crippen LogP) is 2.32. The van der Waals surface area contributed by atoms with Gasteiger partial charge in [-0.1, -0.05) is 23.7 Å². The molecule has 1 aromatic carbocycles. The Morgan fingerprint density at radius 1 is 1.35 bits per heavy atom. The number of nitrogens with one attached hydrogen (secondary N) is 1. The molecule has 17 heavy (non-hydrogen) atoms. The Morgan fingerprint density at radius 2 is 2.06 bits per heavy atom. The van der Waals surface area contributed by atoms with Crippen molar-refractivity contribution >= 4 is 11.6 Å². The van der Waals surface area contributed by atoms with Gasteiger partial charge in [0.25, 0.3) is 0 Å². The minimum Gasteiger partial charge on any atom is -0.303 e. The average Bonchev–Trinajstić information content (AvgIpc) is 2.73. The minimum atomic E-state index is 0.246. The highest BCUT2D eigenvalue weighted by atomic mass is 35.5. The monoisotopic (exact) mass is 250 g/mol. The van der Waals surface area contributed by atoms with E-state index in [1.165, 1.54) is 5.56 Å². The lowest BCUT2D eigenvalue weighted by atomic mass is 10.1. The molecule has 0 saturated heterocycles. The minimum absolute atomic E-state index is 0.246. The molecule has 0 fully saturated rings. The molecule has 0 aliphatic heterocycles. The Hall–Kier alpha value is -1.39. The van der Waals surface area contributed by atoms with Crippen LogP contribution < -0.4 is 5.32 Å². The summed E-state index contributed by atoms with van der Waals surface area (Å²) in [7, 11) is 1.86. The summed E-state index contributed by atoms with van der Waals surface area (Å²) in [6, 6.07) is 8.08. The lowest BCUT2D eigenvalue weighted by molar-refractivity contribution is 0.556. The molecule has 2 aromatic rings. The van der Waals surface area contributed by atoms with Gasteiger partial charge in [-0.05, 0) is 24.6 Å². The van der Waals surface area contributed by atoms with E-state index in [0.29, 0.717) is 6.54 Å². The first kappa shape index (κ1) is 12.1. The summed E-state index contributed by atoms with van der Waals surface area (Å²) in [6.45, 7) is 2.76. The van der Waals surface area contributed by atoms with E-state index in [2.05, 4.69) is 22.3 Å².